The molecule has 1 N–H and O–H groups in total. The minimum Gasteiger partial charge on any atom is -0.491 e. The highest BCUT2D eigenvalue weighted by Gasteiger charge is 2.37. The van der Waals surface area contributed by atoms with Crippen LogP contribution in [0.2, 0.25) is 0 Å². The molecule has 2 aliphatic rings. The van der Waals surface area contributed by atoms with Crippen molar-refractivity contribution in [2.45, 2.75) is 79.1 Å². The van der Waals surface area contributed by atoms with Crippen molar-refractivity contribution in [2.75, 3.05) is 38.2 Å². The molecule has 214 valence electrons. The topological polar surface area (TPSA) is 75.1 Å². The van der Waals surface area contributed by atoms with Crippen molar-refractivity contribution in [3.63, 3.8) is 0 Å². The number of pyridine rings is 1. The number of hydrogen-bond acceptors (Lipinski definition) is 6. The monoisotopic (exact) mass is 545 g/mol. The Morgan fingerprint density at radius 2 is 1.72 bits per heavy atom. The first kappa shape index (κ1) is 29.2. The number of aliphatic carboxylic acids is 1. The lowest BCUT2D eigenvalue weighted by Crippen LogP contribution is -2.40. The van der Waals surface area contributed by atoms with Gasteiger partial charge in [0, 0.05) is 36.5 Å². The summed E-state index contributed by atoms with van der Waals surface area (Å²) in [6.07, 6.45) is 1.54. The van der Waals surface area contributed by atoms with Crippen LogP contribution in [-0.2, 0) is 16.1 Å². The Labute approximate surface area is 230 Å². The normalized spacial score (nSPS) is 18.5. The second-order valence-electron chi connectivity index (χ2n) is 12.5. The van der Waals surface area contributed by atoms with Crippen LogP contribution in [0.4, 0.5) is 14.5 Å². The summed E-state index contributed by atoms with van der Waals surface area (Å²) < 4.78 is 41.3. The smallest absolute Gasteiger partial charge is 0.337 e. The maximum atomic E-state index is 15.1. The Kier molecular flexibility index (Phi) is 8.24. The third-order valence-corrected chi connectivity index (χ3v) is 7.68. The number of halogens is 2. The second kappa shape index (κ2) is 11.0. The predicted molar refractivity (Wildman–Crippen MR) is 147 cm³/mol. The molecule has 4 rings (SSSR count). The van der Waals surface area contributed by atoms with Crippen LogP contribution < -0.4 is 9.64 Å². The quantitative estimate of drug-likeness (QED) is 0.429. The Bertz CT molecular complexity index is 1200. The summed E-state index contributed by atoms with van der Waals surface area (Å²) in [7, 11) is 1.23. The van der Waals surface area contributed by atoms with Crippen molar-refractivity contribution in [3.05, 3.63) is 40.7 Å². The van der Waals surface area contributed by atoms with Gasteiger partial charge in [-0.2, -0.15) is 0 Å². The summed E-state index contributed by atoms with van der Waals surface area (Å²) in [6, 6.07) is 2.52. The number of ether oxygens (including phenoxy) is 2. The fourth-order valence-corrected chi connectivity index (χ4v) is 5.39. The summed E-state index contributed by atoms with van der Waals surface area (Å²) in [6.45, 7) is 15.3. The van der Waals surface area contributed by atoms with Gasteiger partial charge in [0.25, 0.3) is 0 Å². The number of rotatable bonds is 8. The molecule has 2 aromatic rings. The summed E-state index contributed by atoms with van der Waals surface area (Å²) in [5.74, 6) is -3.24. The van der Waals surface area contributed by atoms with Gasteiger partial charge in [-0.25, -0.2) is 13.6 Å². The van der Waals surface area contributed by atoms with E-state index in [-0.39, 0.29) is 5.41 Å². The van der Waals surface area contributed by atoms with Gasteiger partial charge in [-0.05, 0) is 83.2 Å². The third kappa shape index (κ3) is 6.35. The van der Waals surface area contributed by atoms with Gasteiger partial charge in [0.1, 0.15) is 0 Å². The van der Waals surface area contributed by atoms with Crippen molar-refractivity contribution in [2.24, 2.45) is 5.41 Å². The van der Waals surface area contributed by atoms with Gasteiger partial charge in [-0.3, -0.25) is 9.88 Å². The zero-order valence-corrected chi connectivity index (χ0v) is 24.2. The molecule has 0 amide bonds. The molecular weight excluding hydrogens is 504 g/mol. The van der Waals surface area contributed by atoms with E-state index < -0.39 is 35.1 Å². The maximum absolute atomic E-state index is 15.1. The number of hydrogen-bond donors (Lipinski definition) is 1. The summed E-state index contributed by atoms with van der Waals surface area (Å²) in [4.78, 5) is 22.0. The first-order chi connectivity index (χ1) is 18.2. The third-order valence-electron chi connectivity index (χ3n) is 7.68. The number of likely N-dealkylation sites (tertiary alicyclic amines) is 1. The first-order valence-corrected chi connectivity index (χ1v) is 13.7. The lowest BCUT2D eigenvalue weighted by molar-refractivity contribution is -0.160. The lowest BCUT2D eigenvalue weighted by atomic mass is 9.81. The Balaban J connectivity index is 2.04. The van der Waals surface area contributed by atoms with Gasteiger partial charge in [0.05, 0.1) is 24.1 Å². The SMILES string of the molecule is COc1c(F)cc(-c2c(CN3CCC3)nc(C)c(C(OC(C)(C)C)C(=O)O)c2N2CCC(C)(C)CC2)cc1F. The largest absolute Gasteiger partial charge is 0.491 e. The maximum Gasteiger partial charge on any atom is 0.337 e. The van der Waals surface area contributed by atoms with Crippen molar-refractivity contribution >= 4 is 11.7 Å². The molecule has 3 heterocycles. The number of aromatic nitrogens is 1. The van der Waals surface area contributed by atoms with E-state index in [1.165, 1.54) is 19.2 Å². The molecule has 1 unspecified atom stereocenters. The summed E-state index contributed by atoms with van der Waals surface area (Å²) in [5, 5.41) is 10.4. The van der Waals surface area contributed by atoms with E-state index in [0.29, 0.717) is 53.4 Å². The molecule has 2 fully saturated rings. The molecule has 2 aliphatic heterocycles. The number of nitrogens with zero attached hydrogens (tertiary/aromatic N) is 3. The van der Waals surface area contributed by atoms with Gasteiger partial charge in [0.2, 0.25) is 0 Å². The van der Waals surface area contributed by atoms with Crippen LogP contribution in [-0.4, -0.2) is 59.8 Å². The fraction of sp³-hybridized carbons (Fsp3) is 0.600. The number of carboxylic acids is 1. The predicted octanol–water partition coefficient (Wildman–Crippen LogP) is 6.12. The molecular formula is C30H41F2N3O4. The molecule has 1 aromatic heterocycles. The summed E-state index contributed by atoms with van der Waals surface area (Å²) in [5.41, 5.74) is 2.49. The van der Waals surface area contributed by atoms with Crippen LogP contribution in [0.25, 0.3) is 11.1 Å². The molecule has 9 heteroatoms. The number of piperidine rings is 1. The van der Waals surface area contributed by atoms with Crippen LogP contribution in [0.15, 0.2) is 12.1 Å². The van der Waals surface area contributed by atoms with E-state index in [4.69, 9.17) is 14.5 Å². The average molecular weight is 546 g/mol. The molecule has 7 nitrogen and oxygen atoms in total. The van der Waals surface area contributed by atoms with Gasteiger partial charge < -0.3 is 19.5 Å². The standard InChI is InChI=1S/C30H41F2N3O4/c1-18-23(27(28(36)37)39-29(2,3)4)25(35-13-9-30(5,6)10-14-35)24(22(33-18)17-34-11-8-12-34)19-15-20(31)26(38-7)21(32)16-19/h15-16,27H,8-14,17H2,1-7H3,(H,36,37). The highest BCUT2D eigenvalue weighted by Crippen LogP contribution is 2.46. The molecule has 0 bridgehead atoms. The first-order valence-electron chi connectivity index (χ1n) is 13.7. The van der Waals surface area contributed by atoms with Crippen molar-refractivity contribution in [3.8, 4) is 16.9 Å². The number of benzene rings is 1. The van der Waals surface area contributed by atoms with Crippen molar-refractivity contribution in [1.29, 1.82) is 0 Å². The average Bonchev–Trinajstić information content (AvgIpc) is 2.79. The van der Waals surface area contributed by atoms with Crippen LogP contribution >= 0.6 is 0 Å². The molecule has 0 saturated carbocycles. The van der Waals surface area contributed by atoms with Gasteiger partial charge in [0.15, 0.2) is 23.5 Å². The minimum absolute atomic E-state index is 0.131. The molecule has 2 saturated heterocycles. The molecule has 1 aromatic carbocycles. The highest BCUT2D eigenvalue weighted by molar-refractivity contribution is 5.88. The van der Waals surface area contributed by atoms with Gasteiger partial charge in [-0.15, -0.1) is 0 Å². The number of methoxy groups -OCH3 is 1. The highest BCUT2D eigenvalue weighted by atomic mass is 19.1. The second-order valence-corrected chi connectivity index (χ2v) is 12.5. The summed E-state index contributed by atoms with van der Waals surface area (Å²) >= 11 is 0. The minimum atomic E-state index is -1.31. The fourth-order valence-electron chi connectivity index (χ4n) is 5.39. The van der Waals surface area contributed by atoms with E-state index in [9.17, 15) is 9.90 Å². The van der Waals surface area contributed by atoms with E-state index in [0.717, 1.165) is 32.4 Å². The Morgan fingerprint density at radius 1 is 1.13 bits per heavy atom. The van der Waals surface area contributed by atoms with E-state index >= 15 is 8.78 Å². The zero-order chi connectivity index (χ0) is 28.7. The molecule has 0 radical (unpaired) electrons. The van der Waals surface area contributed by atoms with E-state index in [1.54, 1.807) is 6.92 Å². The molecule has 1 atom stereocenters. The van der Waals surface area contributed by atoms with Crippen LogP contribution in [0, 0.1) is 24.0 Å². The molecule has 39 heavy (non-hydrogen) atoms. The van der Waals surface area contributed by atoms with Crippen molar-refractivity contribution in [1.82, 2.24) is 9.88 Å². The Morgan fingerprint density at radius 3 is 2.18 bits per heavy atom. The molecule has 0 aliphatic carbocycles. The van der Waals surface area contributed by atoms with Crippen LogP contribution in [0.5, 0.6) is 5.75 Å². The van der Waals surface area contributed by atoms with E-state index in [1.807, 2.05) is 20.8 Å². The number of anilines is 1. The lowest BCUT2D eigenvalue weighted by Gasteiger charge is -2.41. The number of carbonyl (C=O) groups is 1. The number of aryl methyl sites for hydroxylation is 1. The number of carboxylic acid groups (broad SMARTS) is 1. The van der Waals surface area contributed by atoms with Crippen LogP contribution in [0.3, 0.4) is 0 Å². The Hall–Kier alpha value is -2.78. The zero-order valence-electron chi connectivity index (χ0n) is 24.2. The van der Waals surface area contributed by atoms with Crippen molar-refractivity contribution < 1.29 is 28.2 Å². The van der Waals surface area contributed by atoms with Crippen LogP contribution in [0.1, 0.15) is 76.9 Å². The molecule has 0 spiro atoms. The van der Waals surface area contributed by atoms with E-state index in [2.05, 4.69) is 23.6 Å². The van der Waals surface area contributed by atoms with Gasteiger partial charge >= 0.3 is 5.97 Å². The van der Waals surface area contributed by atoms with Gasteiger partial charge in [-0.1, -0.05) is 13.8 Å².